The first kappa shape index (κ1) is 25.9. The van der Waals surface area contributed by atoms with E-state index < -0.39 is 0 Å². The maximum atomic E-state index is 12.9. The third-order valence-corrected chi connectivity index (χ3v) is 5.83. The molecule has 6 heteroatoms. The monoisotopic (exact) mass is 471 g/mol. The highest BCUT2D eigenvalue weighted by atomic mass is 16.1. The maximum Gasteiger partial charge on any atom is 0.255 e. The number of carbonyl (C=O) groups is 1. The van der Waals surface area contributed by atoms with Crippen LogP contribution < -0.4 is 26.2 Å². The number of amides is 1. The van der Waals surface area contributed by atoms with Crippen LogP contribution >= 0.6 is 0 Å². The Balaban J connectivity index is 1.75. The number of rotatable bonds is 8. The minimum absolute atomic E-state index is 0.0165. The Labute approximate surface area is 208 Å². The number of anilines is 3. The van der Waals surface area contributed by atoms with Crippen LogP contribution in [0.25, 0.3) is 12.2 Å². The van der Waals surface area contributed by atoms with Crippen LogP contribution in [0.5, 0.6) is 0 Å². The molecule has 6 nitrogen and oxygen atoms in total. The van der Waals surface area contributed by atoms with Gasteiger partial charge in [-0.2, -0.15) is 0 Å². The van der Waals surface area contributed by atoms with E-state index in [1.165, 1.54) is 0 Å². The molecule has 0 aliphatic carbocycles. The first-order valence-corrected chi connectivity index (χ1v) is 12.1. The lowest BCUT2D eigenvalue weighted by atomic mass is 10.1. The summed E-state index contributed by atoms with van der Waals surface area (Å²) in [5.41, 5.74) is 4.59. The SMILES string of the molecule is C/C=c1/ncc(NC(C)c2cccc(NC(=O)c3ccc(N(C)C)c(C)c3)c2)n/c1=C\CC(C)C. The molecule has 0 aliphatic rings. The fraction of sp³-hybridized carbons (Fsp3) is 0.345. The molecule has 0 bridgehead atoms. The summed E-state index contributed by atoms with van der Waals surface area (Å²) >= 11 is 0. The van der Waals surface area contributed by atoms with Gasteiger partial charge in [0.05, 0.1) is 22.9 Å². The standard InChI is InChI=1S/C29H37N5O/c1-8-25-26(14-12-19(2)3)33-28(18-30-25)31-21(5)22-10-9-11-24(17-22)32-29(35)23-13-15-27(34(6)7)20(4)16-23/h8-11,13-19,21H,12H2,1-7H3,(H,31,33)(H,32,35)/b25-8+,26-14-. The average molecular weight is 472 g/mol. The summed E-state index contributed by atoms with van der Waals surface area (Å²) in [6, 6.07) is 13.6. The van der Waals surface area contributed by atoms with Gasteiger partial charge in [0.25, 0.3) is 5.91 Å². The van der Waals surface area contributed by atoms with E-state index in [-0.39, 0.29) is 11.9 Å². The molecular weight excluding hydrogens is 434 g/mol. The minimum atomic E-state index is -0.126. The van der Waals surface area contributed by atoms with Crippen molar-refractivity contribution in [1.82, 2.24) is 9.97 Å². The fourth-order valence-electron chi connectivity index (χ4n) is 3.89. The van der Waals surface area contributed by atoms with E-state index in [1.54, 1.807) is 6.20 Å². The van der Waals surface area contributed by atoms with Crippen molar-refractivity contribution in [3.63, 3.8) is 0 Å². The fourth-order valence-corrected chi connectivity index (χ4v) is 3.89. The smallest absolute Gasteiger partial charge is 0.255 e. The van der Waals surface area contributed by atoms with Crippen LogP contribution in [0.15, 0.2) is 48.7 Å². The minimum Gasteiger partial charge on any atom is -0.377 e. The number of nitrogens with one attached hydrogen (secondary N) is 2. The zero-order chi connectivity index (χ0) is 25.5. The van der Waals surface area contributed by atoms with Crippen molar-refractivity contribution in [2.24, 2.45) is 5.92 Å². The molecule has 0 saturated heterocycles. The van der Waals surface area contributed by atoms with Crippen molar-refractivity contribution >= 4 is 35.3 Å². The number of hydrogen-bond acceptors (Lipinski definition) is 5. The molecule has 0 fully saturated rings. The second-order valence-electron chi connectivity index (χ2n) is 9.49. The third kappa shape index (κ3) is 6.92. The predicted octanol–water partition coefficient (Wildman–Crippen LogP) is 4.90. The lowest BCUT2D eigenvalue weighted by Crippen LogP contribution is -2.32. The zero-order valence-electron chi connectivity index (χ0n) is 21.9. The number of aryl methyl sites for hydroxylation is 1. The van der Waals surface area contributed by atoms with Gasteiger partial charge in [-0.25, -0.2) is 4.98 Å². The second-order valence-corrected chi connectivity index (χ2v) is 9.49. The number of benzene rings is 2. The van der Waals surface area contributed by atoms with Crippen molar-refractivity contribution in [2.45, 2.75) is 47.1 Å². The molecule has 35 heavy (non-hydrogen) atoms. The van der Waals surface area contributed by atoms with Gasteiger partial charge in [0.15, 0.2) is 0 Å². The van der Waals surface area contributed by atoms with Gasteiger partial charge in [-0.15, -0.1) is 0 Å². The molecule has 3 rings (SSSR count). The van der Waals surface area contributed by atoms with Crippen LogP contribution in [0.4, 0.5) is 17.2 Å². The van der Waals surface area contributed by atoms with Gasteiger partial charge in [-0.1, -0.05) is 38.1 Å². The predicted molar refractivity (Wildman–Crippen MR) is 147 cm³/mol. The lowest BCUT2D eigenvalue weighted by Gasteiger charge is -2.17. The van der Waals surface area contributed by atoms with E-state index in [0.29, 0.717) is 11.5 Å². The number of aromatic nitrogens is 2. The van der Waals surface area contributed by atoms with E-state index in [1.807, 2.05) is 81.4 Å². The van der Waals surface area contributed by atoms with Gasteiger partial charge in [0.1, 0.15) is 5.82 Å². The van der Waals surface area contributed by atoms with Crippen LogP contribution in [0.1, 0.15) is 61.6 Å². The maximum absolute atomic E-state index is 12.9. The molecule has 184 valence electrons. The number of carbonyl (C=O) groups excluding carboxylic acids is 1. The van der Waals surface area contributed by atoms with Crippen LogP contribution in [-0.4, -0.2) is 30.0 Å². The van der Waals surface area contributed by atoms with Gasteiger partial charge in [0, 0.05) is 31.0 Å². The average Bonchev–Trinajstić information content (AvgIpc) is 2.82. The first-order valence-electron chi connectivity index (χ1n) is 12.1. The van der Waals surface area contributed by atoms with E-state index in [0.717, 1.165) is 45.4 Å². The Bertz CT molecular complexity index is 1300. The zero-order valence-corrected chi connectivity index (χ0v) is 21.9. The highest BCUT2D eigenvalue weighted by Gasteiger charge is 2.12. The van der Waals surface area contributed by atoms with Crippen molar-refractivity contribution in [3.8, 4) is 0 Å². The molecule has 1 heterocycles. The molecule has 0 aliphatic heterocycles. The summed E-state index contributed by atoms with van der Waals surface area (Å²) in [6.45, 7) is 10.4. The quantitative estimate of drug-likeness (QED) is 0.489. The summed E-state index contributed by atoms with van der Waals surface area (Å²) in [5, 5.41) is 8.27. The van der Waals surface area contributed by atoms with Gasteiger partial charge in [-0.05, 0) is 74.6 Å². The van der Waals surface area contributed by atoms with E-state index >= 15 is 0 Å². The first-order chi connectivity index (χ1) is 16.7. The molecule has 0 saturated carbocycles. The molecular formula is C29H37N5O. The Morgan fingerprint density at radius 1 is 1.09 bits per heavy atom. The second kappa shape index (κ2) is 11.6. The molecule has 0 radical (unpaired) electrons. The summed E-state index contributed by atoms with van der Waals surface area (Å²) in [4.78, 5) is 24.3. The van der Waals surface area contributed by atoms with Crippen molar-refractivity contribution in [1.29, 1.82) is 0 Å². The summed E-state index contributed by atoms with van der Waals surface area (Å²) in [5.74, 6) is 1.16. The molecule has 0 spiro atoms. The van der Waals surface area contributed by atoms with Crippen LogP contribution in [0, 0.1) is 12.8 Å². The Hall–Kier alpha value is -3.67. The molecule has 1 amide bonds. The van der Waals surface area contributed by atoms with Crippen molar-refractivity contribution in [2.75, 3.05) is 29.6 Å². The van der Waals surface area contributed by atoms with E-state index in [4.69, 9.17) is 4.98 Å². The van der Waals surface area contributed by atoms with E-state index in [9.17, 15) is 4.79 Å². The molecule has 1 atom stereocenters. The number of nitrogens with zero attached hydrogens (tertiary/aromatic N) is 3. The number of hydrogen-bond donors (Lipinski definition) is 2. The largest absolute Gasteiger partial charge is 0.377 e. The van der Waals surface area contributed by atoms with Crippen LogP contribution in [-0.2, 0) is 0 Å². The van der Waals surface area contributed by atoms with Crippen LogP contribution in [0.2, 0.25) is 0 Å². The highest BCUT2D eigenvalue weighted by molar-refractivity contribution is 6.04. The molecule has 3 aromatic rings. The summed E-state index contributed by atoms with van der Waals surface area (Å²) in [6.07, 6.45) is 6.84. The topological polar surface area (TPSA) is 70.2 Å². The van der Waals surface area contributed by atoms with Crippen molar-refractivity contribution in [3.05, 3.63) is 76.1 Å². The highest BCUT2D eigenvalue weighted by Crippen LogP contribution is 2.22. The Morgan fingerprint density at radius 3 is 2.51 bits per heavy atom. The molecule has 1 aromatic heterocycles. The lowest BCUT2D eigenvalue weighted by molar-refractivity contribution is 0.102. The summed E-state index contributed by atoms with van der Waals surface area (Å²) in [7, 11) is 3.99. The van der Waals surface area contributed by atoms with Crippen LogP contribution in [0.3, 0.4) is 0 Å². The van der Waals surface area contributed by atoms with E-state index in [2.05, 4.69) is 42.5 Å². The van der Waals surface area contributed by atoms with Gasteiger partial charge >= 0.3 is 0 Å². The molecule has 2 aromatic carbocycles. The molecule has 1 unspecified atom stereocenters. The summed E-state index contributed by atoms with van der Waals surface area (Å²) < 4.78 is 0. The van der Waals surface area contributed by atoms with Gasteiger partial charge in [-0.3, -0.25) is 9.78 Å². The van der Waals surface area contributed by atoms with Gasteiger partial charge in [0.2, 0.25) is 0 Å². The van der Waals surface area contributed by atoms with Gasteiger partial charge < -0.3 is 15.5 Å². The normalized spacial score (nSPS) is 13.1. The third-order valence-electron chi connectivity index (χ3n) is 5.83. The van der Waals surface area contributed by atoms with Crippen molar-refractivity contribution < 1.29 is 4.79 Å². The Kier molecular flexibility index (Phi) is 8.63. The Morgan fingerprint density at radius 2 is 1.86 bits per heavy atom. The molecule has 2 N–H and O–H groups in total.